The molecule has 0 fully saturated rings. The van der Waals surface area contributed by atoms with Crippen LogP contribution in [0, 0.1) is 13.8 Å². The van der Waals surface area contributed by atoms with Crippen LogP contribution in [0.4, 0.5) is 5.69 Å². The van der Waals surface area contributed by atoms with Gasteiger partial charge in [0.05, 0.1) is 12.3 Å². The molecular formula is C18H18N4O3S2. The third-order valence-corrected chi connectivity index (χ3v) is 5.55. The van der Waals surface area contributed by atoms with Gasteiger partial charge in [-0.15, -0.1) is 10.2 Å². The van der Waals surface area contributed by atoms with Crippen molar-refractivity contribution in [2.24, 2.45) is 0 Å². The maximum atomic E-state index is 12.2. The van der Waals surface area contributed by atoms with Gasteiger partial charge in [0.25, 0.3) is 5.91 Å². The van der Waals surface area contributed by atoms with Gasteiger partial charge in [-0.1, -0.05) is 40.8 Å². The number of nitrogens with zero attached hydrogens (tertiary/aromatic N) is 2. The van der Waals surface area contributed by atoms with Crippen LogP contribution < -0.4 is 10.6 Å². The third-order valence-electron chi connectivity index (χ3n) is 3.49. The number of carbonyl (C=O) groups excluding carboxylic acids is 2. The number of hydrogen-bond donors (Lipinski definition) is 2. The summed E-state index contributed by atoms with van der Waals surface area (Å²) in [6.07, 6.45) is 0. The minimum Gasteiger partial charge on any atom is -0.465 e. The van der Waals surface area contributed by atoms with E-state index in [1.54, 1.807) is 0 Å². The van der Waals surface area contributed by atoms with Crippen LogP contribution in [-0.4, -0.2) is 27.8 Å². The van der Waals surface area contributed by atoms with Gasteiger partial charge >= 0.3 is 0 Å². The Morgan fingerprint density at radius 3 is 2.59 bits per heavy atom. The van der Waals surface area contributed by atoms with Crippen LogP contribution in [0.2, 0.25) is 0 Å². The number of carbonyl (C=O) groups is 2. The van der Waals surface area contributed by atoms with Gasteiger partial charge in [-0.05, 0) is 38.1 Å². The lowest BCUT2D eigenvalue weighted by molar-refractivity contribution is -0.118. The van der Waals surface area contributed by atoms with Gasteiger partial charge in [0, 0.05) is 5.69 Å². The summed E-state index contributed by atoms with van der Waals surface area (Å²) in [6.45, 7) is 4.17. The SMILES string of the molecule is Cc1ccc(NC(=O)c2nnc(SCC(=O)NCc3ccc(C)o3)s2)cc1. The zero-order valence-corrected chi connectivity index (χ0v) is 16.4. The molecule has 0 unspecified atom stereocenters. The standard InChI is InChI=1S/C18H18N4O3S2/c1-11-3-6-13(7-4-11)20-16(24)17-21-22-18(27-17)26-10-15(23)19-9-14-8-5-12(2)25-14/h3-8H,9-10H2,1-2H3,(H,19,23)(H,20,24). The maximum Gasteiger partial charge on any atom is 0.286 e. The molecular weight excluding hydrogens is 384 g/mol. The van der Waals surface area contributed by atoms with Gasteiger partial charge in [-0.2, -0.15) is 0 Å². The molecule has 1 aromatic carbocycles. The van der Waals surface area contributed by atoms with Crippen LogP contribution in [0.1, 0.15) is 26.9 Å². The van der Waals surface area contributed by atoms with E-state index in [9.17, 15) is 9.59 Å². The van der Waals surface area contributed by atoms with Crippen molar-refractivity contribution in [1.29, 1.82) is 0 Å². The molecule has 3 rings (SSSR count). The number of thioether (sulfide) groups is 1. The molecule has 2 N–H and O–H groups in total. The predicted octanol–water partition coefficient (Wildman–Crippen LogP) is 3.41. The van der Waals surface area contributed by atoms with Crippen molar-refractivity contribution in [2.75, 3.05) is 11.1 Å². The first-order valence-electron chi connectivity index (χ1n) is 8.16. The number of rotatable bonds is 7. The molecule has 0 saturated carbocycles. The summed E-state index contributed by atoms with van der Waals surface area (Å²) in [6, 6.07) is 11.2. The molecule has 3 aromatic rings. The van der Waals surface area contributed by atoms with E-state index in [1.807, 2.05) is 50.2 Å². The summed E-state index contributed by atoms with van der Waals surface area (Å²) in [7, 11) is 0. The minimum absolute atomic E-state index is 0.144. The average Bonchev–Trinajstić information content (AvgIpc) is 3.29. The normalized spacial score (nSPS) is 10.6. The van der Waals surface area contributed by atoms with Gasteiger partial charge in [0.2, 0.25) is 10.9 Å². The molecule has 0 atom stereocenters. The van der Waals surface area contributed by atoms with E-state index in [2.05, 4.69) is 20.8 Å². The van der Waals surface area contributed by atoms with Crippen molar-refractivity contribution >= 4 is 40.6 Å². The van der Waals surface area contributed by atoms with Crippen LogP contribution >= 0.6 is 23.1 Å². The smallest absolute Gasteiger partial charge is 0.286 e. The van der Waals surface area contributed by atoms with Gasteiger partial charge in [-0.25, -0.2) is 0 Å². The Morgan fingerprint density at radius 2 is 1.89 bits per heavy atom. The number of nitrogens with one attached hydrogen (secondary N) is 2. The topological polar surface area (TPSA) is 97.1 Å². The molecule has 27 heavy (non-hydrogen) atoms. The second kappa shape index (κ2) is 8.83. The Morgan fingerprint density at radius 1 is 1.11 bits per heavy atom. The number of aryl methyl sites for hydroxylation is 2. The Kier molecular flexibility index (Phi) is 6.25. The molecule has 0 aliphatic carbocycles. The Labute approximate surface area is 164 Å². The van der Waals surface area contributed by atoms with Crippen molar-refractivity contribution in [3.8, 4) is 0 Å². The first-order valence-corrected chi connectivity index (χ1v) is 9.96. The van der Waals surface area contributed by atoms with Crippen LogP contribution in [-0.2, 0) is 11.3 Å². The quantitative estimate of drug-likeness (QED) is 0.588. The second-order valence-electron chi connectivity index (χ2n) is 5.77. The Balaban J connectivity index is 1.46. The van der Waals surface area contributed by atoms with Crippen LogP contribution in [0.25, 0.3) is 0 Å². The van der Waals surface area contributed by atoms with Crippen molar-refractivity contribution < 1.29 is 14.0 Å². The molecule has 7 nitrogen and oxygen atoms in total. The number of benzene rings is 1. The summed E-state index contributed by atoms with van der Waals surface area (Å²) in [5.41, 5.74) is 1.81. The van der Waals surface area contributed by atoms with Crippen molar-refractivity contribution in [1.82, 2.24) is 15.5 Å². The average molecular weight is 403 g/mol. The fraction of sp³-hybridized carbons (Fsp3) is 0.222. The highest BCUT2D eigenvalue weighted by molar-refractivity contribution is 8.01. The molecule has 2 amide bonds. The Hall–Kier alpha value is -2.65. The van der Waals surface area contributed by atoms with Gasteiger partial charge in [0.1, 0.15) is 11.5 Å². The highest BCUT2D eigenvalue weighted by Gasteiger charge is 2.14. The molecule has 0 spiro atoms. The van der Waals surface area contributed by atoms with E-state index >= 15 is 0 Å². The van der Waals surface area contributed by atoms with E-state index < -0.39 is 0 Å². The lowest BCUT2D eigenvalue weighted by Crippen LogP contribution is -2.24. The van der Waals surface area contributed by atoms with E-state index in [0.717, 1.165) is 22.7 Å². The number of hydrogen-bond acceptors (Lipinski definition) is 7. The van der Waals surface area contributed by atoms with Crippen molar-refractivity contribution in [3.63, 3.8) is 0 Å². The van der Waals surface area contributed by atoms with Crippen LogP contribution in [0.5, 0.6) is 0 Å². The molecule has 140 valence electrons. The second-order valence-corrected chi connectivity index (χ2v) is 7.97. The number of amides is 2. The molecule has 0 aliphatic heterocycles. The lowest BCUT2D eigenvalue weighted by atomic mass is 10.2. The highest BCUT2D eigenvalue weighted by atomic mass is 32.2. The third kappa shape index (κ3) is 5.66. The van der Waals surface area contributed by atoms with Gasteiger partial charge < -0.3 is 15.1 Å². The number of furan rings is 1. The maximum absolute atomic E-state index is 12.2. The number of anilines is 1. The van der Waals surface area contributed by atoms with Gasteiger partial charge in [0.15, 0.2) is 4.34 Å². The summed E-state index contributed by atoms with van der Waals surface area (Å²) in [5, 5.41) is 13.7. The summed E-state index contributed by atoms with van der Waals surface area (Å²) >= 11 is 2.39. The fourth-order valence-corrected chi connectivity index (χ4v) is 3.70. The van der Waals surface area contributed by atoms with Crippen molar-refractivity contribution in [3.05, 3.63) is 58.5 Å². The summed E-state index contributed by atoms with van der Waals surface area (Å²) < 4.78 is 5.96. The zero-order chi connectivity index (χ0) is 19.2. The highest BCUT2D eigenvalue weighted by Crippen LogP contribution is 2.23. The molecule has 9 heteroatoms. The zero-order valence-electron chi connectivity index (χ0n) is 14.8. The van der Waals surface area contributed by atoms with E-state index in [-0.39, 0.29) is 22.6 Å². The first-order chi connectivity index (χ1) is 13.0. The first kappa shape index (κ1) is 19.1. The van der Waals surface area contributed by atoms with E-state index in [0.29, 0.717) is 22.3 Å². The predicted molar refractivity (Wildman–Crippen MR) is 105 cm³/mol. The molecule has 0 aliphatic rings. The van der Waals surface area contributed by atoms with Crippen LogP contribution in [0.15, 0.2) is 45.2 Å². The molecule has 0 bridgehead atoms. The monoisotopic (exact) mass is 402 g/mol. The molecule has 2 aromatic heterocycles. The van der Waals surface area contributed by atoms with Crippen LogP contribution in [0.3, 0.4) is 0 Å². The minimum atomic E-state index is -0.319. The molecule has 0 saturated heterocycles. The van der Waals surface area contributed by atoms with Crippen molar-refractivity contribution in [2.45, 2.75) is 24.7 Å². The summed E-state index contributed by atoms with van der Waals surface area (Å²) in [5.74, 6) is 1.24. The molecule has 0 radical (unpaired) electrons. The van der Waals surface area contributed by atoms with E-state index in [4.69, 9.17) is 4.42 Å². The van der Waals surface area contributed by atoms with E-state index in [1.165, 1.54) is 11.8 Å². The molecule has 2 heterocycles. The largest absolute Gasteiger partial charge is 0.465 e. The number of aromatic nitrogens is 2. The summed E-state index contributed by atoms with van der Waals surface area (Å²) in [4.78, 5) is 24.1. The van der Waals surface area contributed by atoms with Gasteiger partial charge in [-0.3, -0.25) is 9.59 Å². The fourth-order valence-electron chi connectivity index (χ4n) is 2.13. The Bertz CT molecular complexity index is 934. The lowest BCUT2D eigenvalue weighted by Gasteiger charge is -2.02.